The SMILES string of the molecule is Cc1cccc(C(=O)N2CCCC(O)c3ccccc32)c1. The minimum absolute atomic E-state index is 0.000231. The number of benzene rings is 2. The number of hydrogen-bond donors (Lipinski definition) is 1. The summed E-state index contributed by atoms with van der Waals surface area (Å²) in [6.07, 6.45) is 0.999. The summed E-state index contributed by atoms with van der Waals surface area (Å²) in [5.41, 5.74) is 3.44. The minimum Gasteiger partial charge on any atom is -0.388 e. The van der Waals surface area contributed by atoms with Crippen molar-refractivity contribution >= 4 is 11.6 Å². The molecule has 0 spiro atoms. The van der Waals surface area contributed by atoms with Crippen molar-refractivity contribution in [1.29, 1.82) is 0 Å². The van der Waals surface area contributed by atoms with E-state index in [0.717, 1.165) is 23.2 Å². The molecular formula is C18H19NO2. The van der Waals surface area contributed by atoms with E-state index in [-0.39, 0.29) is 5.91 Å². The molecule has 1 unspecified atom stereocenters. The molecule has 3 heteroatoms. The van der Waals surface area contributed by atoms with Crippen molar-refractivity contribution in [1.82, 2.24) is 0 Å². The minimum atomic E-state index is -0.489. The van der Waals surface area contributed by atoms with E-state index >= 15 is 0 Å². The van der Waals surface area contributed by atoms with E-state index in [0.29, 0.717) is 18.5 Å². The van der Waals surface area contributed by atoms with E-state index in [9.17, 15) is 9.90 Å². The van der Waals surface area contributed by atoms with Crippen LogP contribution in [0.25, 0.3) is 0 Å². The molecule has 1 aliphatic heterocycles. The fourth-order valence-electron chi connectivity index (χ4n) is 2.88. The number of anilines is 1. The lowest BCUT2D eigenvalue weighted by Gasteiger charge is -2.23. The van der Waals surface area contributed by atoms with E-state index in [1.54, 1.807) is 4.90 Å². The molecule has 1 heterocycles. The van der Waals surface area contributed by atoms with Crippen LogP contribution in [0.15, 0.2) is 48.5 Å². The molecule has 1 amide bonds. The largest absolute Gasteiger partial charge is 0.388 e. The highest BCUT2D eigenvalue weighted by atomic mass is 16.3. The average molecular weight is 281 g/mol. The fourth-order valence-corrected chi connectivity index (χ4v) is 2.88. The van der Waals surface area contributed by atoms with Gasteiger partial charge in [0, 0.05) is 23.4 Å². The lowest BCUT2D eigenvalue weighted by Crippen LogP contribution is -2.31. The van der Waals surface area contributed by atoms with Gasteiger partial charge in [0.25, 0.3) is 5.91 Å². The van der Waals surface area contributed by atoms with Crippen LogP contribution in [-0.2, 0) is 0 Å². The summed E-state index contributed by atoms with van der Waals surface area (Å²) in [4.78, 5) is 14.6. The molecule has 0 bridgehead atoms. The summed E-state index contributed by atoms with van der Waals surface area (Å²) >= 11 is 0. The maximum Gasteiger partial charge on any atom is 0.258 e. The van der Waals surface area contributed by atoms with Gasteiger partial charge in [-0.15, -0.1) is 0 Å². The molecule has 0 aliphatic carbocycles. The molecule has 108 valence electrons. The third-order valence-electron chi connectivity index (χ3n) is 3.96. The molecule has 0 fully saturated rings. The Kier molecular flexibility index (Phi) is 3.76. The molecule has 1 aliphatic rings. The Balaban J connectivity index is 2.02. The summed E-state index contributed by atoms with van der Waals surface area (Å²) in [6, 6.07) is 15.3. The molecule has 0 saturated carbocycles. The van der Waals surface area contributed by atoms with Crippen LogP contribution in [-0.4, -0.2) is 17.6 Å². The number of fused-ring (bicyclic) bond motifs is 1. The topological polar surface area (TPSA) is 40.5 Å². The zero-order valence-electron chi connectivity index (χ0n) is 12.1. The highest BCUT2D eigenvalue weighted by molar-refractivity contribution is 6.06. The van der Waals surface area contributed by atoms with E-state index in [1.165, 1.54) is 0 Å². The quantitative estimate of drug-likeness (QED) is 0.869. The number of aliphatic hydroxyl groups excluding tert-OH is 1. The fraction of sp³-hybridized carbons (Fsp3) is 0.278. The first-order chi connectivity index (χ1) is 10.2. The van der Waals surface area contributed by atoms with Crippen LogP contribution in [0.2, 0.25) is 0 Å². The number of carbonyl (C=O) groups is 1. The summed E-state index contributed by atoms with van der Waals surface area (Å²) < 4.78 is 0. The summed E-state index contributed by atoms with van der Waals surface area (Å²) in [5.74, 6) is 0.000231. The Morgan fingerprint density at radius 3 is 2.81 bits per heavy atom. The molecule has 2 aromatic carbocycles. The molecule has 0 radical (unpaired) electrons. The second-order valence-corrected chi connectivity index (χ2v) is 5.54. The van der Waals surface area contributed by atoms with Crippen molar-refractivity contribution < 1.29 is 9.90 Å². The van der Waals surface area contributed by atoms with Crippen LogP contribution in [0.3, 0.4) is 0 Å². The van der Waals surface area contributed by atoms with E-state index in [4.69, 9.17) is 0 Å². The molecule has 21 heavy (non-hydrogen) atoms. The Labute approximate surface area is 124 Å². The van der Waals surface area contributed by atoms with Gasteiger partial charge in [-0.1, -0.05) is 35.9 Å². The van der Waals surface area contributed by atoms with Gasteiger partial charge >= 0.3 is 0 Å². The normalized spacial score (nSPS) is 18.0. The lowest BCUT2D eigenvalue weighted by molar-refractivity contribution is 0.0986. The number of amides is 1. The third kappa shape index (κ3) is 2.69. The standard InChI is InChI=1S/C18H19NO2/c1-13-6-4-7-14(12-13)18(21)19-11-5-10-17(20)15-8-2-3-9-16(15)19/h2-4,6-9,12,17,20H,5,10-11H2,1H3. The van der Waals surface area contributed by atoms with Crippen LogP contribution in [0, 0.1) is 6.92 Å². The Hall–Kier alpha value is -2.13. The van der Waals surface area contributed by atoms with Gasteiger partial charge in [-0.3, -0.25) is 4.79 Å². The zero-order valence-corrected chi connectivity index (χ0v) is 12.1. The van der Waals surface area contributed by atoms with Crippen LogP contribution in [0.1, 0.15) is 40.4 Å². The number of hydrogen-bond acceptors (Lipinski definition) is 2. The summed E-state index contributed by atoms with van der Waals surface area (Å²) in [6.45, 7) is 2.62. The molecule has 2 aromatic rings. The van der Waals surface area contributed by atoms with Crippen LogP contribution in [0.4, 0.5) is 5.69 Å². The van der Waals surface area contributed by atoms with E-state index in [1.807, 2.05) is 55.5 Å². The van der Waals surface area contributed by atoms with Gasteiger partial charge in [-0.25, -0.2) is 0 Å². The maximum absolute atomic E-state index is 12.8. The first-order valence-electron chi connectivity index (χ1n) is 7.32. The highest BCUT2D eigenvalue weighted by Crippen LogP contribution is 2.33. The predicted molar refractivity (Wildman–Crippen MR) is 83.5 cm³/mol. The first kappa shape index (κ1) is 13.8. The van der Waals surface area contributed by atoms with Crippen molar-refractivity contribution in [3.8, 4) is 0 Å². The molecule has 3 rings (SSSR count). The van der Waals surface area contributed by atoms with Crippen molar-refractivity contribution in [2.45, 2.75) is 25.9 Å². The molecule has 1 N–H and O–H groups in total. The number of rotatable bonds is 1. The summed E-state index contributed by atoms with van der Waals surface area (Å²) in [5, 5.41) is 10.2. The number of aryl methyl sites for hydroxylation is 1. The number of carbonyl (C=O) groups excluding carboxylic acids is 1. The average Bonchev–Trinajstić information content (AvgIpc) is 2.66. The van der Waals surface area contributed by atoms with Crippen molar-refractivity contribution in [2.24, 2.45) is 0 Å². The second kappa shape index (κ2) is 5.70. The maximum atomic E-state index is 12.8. The Bertz CT molecular complexity index is 666. The zero-order chi connectivity index (χ0) is 14.8. The van der Waals surface area contributed by atoms with Gasteiger partial charge in [0.1, 0.15) is 0 Å². The van der Waals surface area contributed by atoms with Crippen molar-refractivity contribution in [3.63, 3.8) is 0 Å². The van der Waals surface area contributed by atoms with Crippen LogP contribution < -0.4 is 4.90 Å². The predicted octanol–water partition coefficient (Wildman–Crippen LogP) is 3.47. The van der Waals surface area contributed by atoms with Crippen molar-refractivity contribution in [3.05, 3.63) is 65.2 Å². The molecule has 1 atom stereocenters. The van der Waals surface area contributed by atoms with E-state index in [2.05, 4.69) is 0 Å². The lowest BCUT2D eigenvalue weighted by atomic mass is 10.0. The number of nitrogens with zero attached hydrogens (tertiary/aromatic N) is 1. The third-order valence-corrected chi connectivity index (χ3v) is 3.96. The smallest absolute Gasteiger partial charge is 0.258 e. The Morgan fingerprint density at radius 2 is 2.00 bits per heavy atom. The highest BCUT2D eigenvalue weighted by Gasteiger charge is 2.25. The Morgan fingerprint density at radius 1 is 1.19 bits per heavy atom. The van der Waals surface area contributed by atoms with Gasteiger partial charge in [0.15, 0.2) is 0 Å². The molecular weight excluding hydrogens is 262 g/mol. The monoisotopic (exact) mass is 281 g/mol. The van der Waals surface area contributed by atoms with E-state index < -0.39 is 6.10 Å². The second-order valence-electron chi connectivity index (χ2n) is 5.54. The van der Waals surface area contributed by atoms with Gasteiger partial charge in [0.05, 0.1) is 6.10 Å². The number of para-hydroxylation sites is 1. The number of aliphatic hydroxyl groups is 1. The van der Waals surface area contributed by atoms with Gasteiger partial charge in [-0.05, 0) is 38.0 Å². The van der Waals surface area contributed by atoms with Crippen molar-refractivity contribution in [2.75, 3.05) is 11.4 Å². The van der Waals surface area contributed by atoms with Gasteiger partial charge < -0.3 is 10.0 Å². The molecule has 0 aromatic heterocycles. The van der Waals surface area contributed by atoms with Crippen LogP contribution in [0.5, 0.6) is 0 Å². The van der Waals surface area contributed by atoms with Crippen LogP contribution >= 0.6 is 0 Å². The molecule has 0 saturated heterocycles. The summed E-state index contributed by atoms with van der Waals surface area (Å²) in [7, 11) is 0. The first-order valence-corrected chi connectivity index (χ1v) is 7.32. The molecule has 3 nitrogen and oxygen atoms in total. The van der Waals surface area contributed by atoms with Gasteiger partial charge in [-0.2, -0.15) is 0 Å². The van der Waals surface area contributed by atoms with Gasteiger partial charge in [0.2, 0.25) is 0 Å².